The summed E-state index contributed by atoms with van der Waals surface area (Å²) in [5.74, 6) is 0. The van der Waals surface area contributed by atoms with Crippen LogP contribution < -0.4 is 0 Å². The molecular formula is C18H15ClN2S. The summed E-state index contributed by atoms with van der Waals surface area (Å²) in [4.78, 5) is 1.81. The third kappa shape index (κ3) is 3.06. The third-order valence-corrected chi connectivity index (χ3v) is 5.85. The van der Waals surface area contributed by atoms with Crippen LogP contribution in [0.3, 0.4) is 0 Å². The van der Waals surface area contributed by atoms with Gasteiger partial charge in [0.1, 0.15) is 0 Å². The Morgan fingerprint density at radius 3 is 1.77 bits per heavy atom. The predicted octanol–water partition coefficient (Wildman–Crippen LogP) is 6.19. The van der Waals surface area contributed by atoms with Crippen LogP contribution in [0, 0.1) is 4.78 Å². The molecule has 0 fully saturated rings. The summed E-state index contributed by atoms with van der Waals surface area (Å²) in [5.41, 5.74) is 0.727. The predicted molar refractivity (Wildman–Crippen MR) is 93.0 cm³/mol. The second-order valence-corrected chi connectivity index (χ2v) is 7.50. The van der Waals surface area contributed by atoms with Gasteiger partial charge in [0.25, 0.3) is 0 Å². The Kier molecular flexibility index (Phi) is 4.27. The van der Waals surface area contributed by atoms with E-state index in [2.05, 4.69) is 0 Å². The highest BCUT2D eigenvalue weighted by Crippen LogP contribution is 2.29. The normalized spacial score (nSPS) is 11.1. The number of hydrogen-bond donors (Lipinski definition) is 1. The van der Waals surface area contributed by atoms with Crippen molar-refractivity contribution in [3.63, 3.8) is 0 Å². The standard InChI is InChI=1S/C18H15ClN2S/c19-15-8-7-9-16(14-15)21-22(20,17-10-3-1-4-11-17)18-12-5-2-6-13-18/h1-14,20H. The molecule has 0 unspecified atom stereocenters. The van der Waals surface area contributed by atoms with E-state index in [1.54, 1.807) is 6.07 Å². The van der Waals surface area contributed by atoms with Crippen molar-refractivity contribution in [1.29, 1.82) is 4.78 Å². The smallest absolute Gasteiger partial charge is 0.0735 e. The monoisotopic (exact) mass is 326 g/mol. The molecule has 0 atom stereocenters. The molecule has 4 heteroatoms. The first-order valence-electron chi connectivity index (χ1n) is 6.85. The summed E-state index contributed by atoms with van der Waals surface area (Å²) in [5, 5.41) is 0.629. The highest BCUT2D eigenvalue weighted by molar-refractivity contribution is 7.94. The van der Waals surface area contributed by atoms with Crippen molar-refractivity contribution in [2.24, 2.45) is 4.36 Å². The zero-order valence-electron chi connectivity index (χ0n) is 11.8. The number of nitrogens with zero attached hydrogens (tertiary/aromatic N) is 1. The van der Waals surface area contributed by atoms with E-state index in [9.17, 15) is 0 Å². The molecule has 0 aromatic heterocycles. The zero-order valence-corrected chi connectivity index (χ0v) is 13.4. The van der Waals surface area contributed by atoms with Crippen molar-refractivity contribution < 1.29 is 0 Å². The molecule has 1 N–H and O–H groups in total. The lowest BCUT2D eigenvalue weighted by Gasteiger charge is -2.14. The second kappa shape index (κ2) is 6.34. The molecule has 0 radical (unpaired) electrons. The molecule has 0 aliphatic heterocycles. The van der Waals surface area contributed by atoms with Crippen molar-refractivity contribution in [3.05, 3.63) is 90.0 Å². The topological polar surface area (TPSA) is 36.2 Å². The number of hydrogen-bond acceptors (Lipinski definition) is 2. The van der Waals surface area contributed by atoms with Crippen LogP contribution >= 0.6 is 11.6 Å². The first kappa shape index (κ1) is 14.8. The van der Waals surface area contributed by atoms with Gasteiger partial charge in [-0.1, -0.05) is 54.1 Å². The van der Waals surface area contributed by atoms with E-state index in [1.807, 2.05) is 78.9 Å². The molecule has 0 saturated heterocycles. The van der Waals surface area contributed by atoms with Crippen LogP contribution in [0.15, 0.2) is 99.1 Å². The van der Waals surface area contributed by atoms with Gasteiger partial charge in [-0.05, 0) is 52.1 Å². The maximum atomic E-state index is 9.08. The quantitative estimate of drug-likeness (QED) is 0.595. The second-order valence-electron chi connectivity index (χ2n) is 4.78. The van der Waals surface area contributed by atoms with Crippen LogP contribution in [-0.4, -0.2) is 0 Å². The van der Waals surface area contributed by atoms with Gasteiger partial charge in [0.05, 0.1) is 5.69 Å². The average molecular weight is 327 g/mol. The fraction of sp³-hybridized carbons (Fsp3) is 0. The van der Waals surface area contributed by atoms with Gasteiger partial charge in [0.2, 0.25) is 0 Å². The summed E-state index contributed by atoms with van der Waals surface area (Å²) >= 11 is 6.05. The van der Waals surface area contributed by atoms with Gasteiger partial charge >= 0.3 is 0 Å². The van der Waals surface area contributed by atoms with Crippen molar-refractivity contribution >= 4 is 26.9 Å². The van der Waals surface area contributed by atoms with E-state index in [1.165, 1.54) is 0 Å². The Morgan fingerprint density at radius 1 is 0.727 bits per heavy atom. The molecule has 0 aliphatic carbocycles. The van der Waals surface area contributed by atoms with Gasteiger partial charge in [-0.15, -0.1) is 0 Å². The highest BCUT2D eigenvalue weighted by atomic mass is 35.5. The summed E-state index contributed by atoms with van der Waals surface area (Å²) in [6.07, 6.45) is 0. The third-order valence-electron chi connectivity index (χ3n) is 3.22. The van der Waals surface area contributed by atoms with Crippen LogP contribution in [0.4, 0.5) is 5.69 Å². The maximum absolute atomic E-state index is 9.08. The molecule has 0 saturated carbocycles. The lowest BCUT2D eigenvalue weighted by atomic mass is 10.3. The summed E-state index contributed by atoms with van der Waals surface area (Å²) in [7, 11) is -2.25. The summed E-state index contributed by atoms with van der Waals surface area (Å²) < 4.78 is 13.8. The first-order valence-corrected chi connectivity index (χ1v) is 8.82. The van der Waals surface area contributed by atoms with Crippen molar-refractivity contribution in [2.45, 2.75) is 9.79 Å². The summed E-state index contributed by atoms with van der Waals surface area (Å²) in [6, 6.07) is 26.9. The number of halogens is 1. The minimum Gasteiger partial charge on any atom is -0.261 e. The maximum Gasteiger partial charge on any atom is 0.0735 e. The van der Waals surface area contributed by atoms with Crippen LogP contribution in [-0.2, 0) is 9.62 Å². The molecule has 3 rings (SSSR count). The van der Waals surface area contributed by atoms with Crippen molar-refractivity contribution in [3.8, 4) is 0 Å². The van der Waals surface area contributed by atoms with Crippen LogP contribution in [0.2, 0.25) is 5.02 Å². The minimum atomic E-state index is -2.25. The van der Waals surface area contributed by atoms with Crippen molar-refractivity contribution in [2.75, 3.05) is 0 Å². The summed E-state index contributed by atoms with van der Waals surface area (Å²) in [6.45, 7) is 0. The lowest BCUT2D eigenvalue weighted by Crippen LogP contribution is -1.99. The first-order chi connectivity index (χ1) is 10.7. The van der Waals surface area contributed by atoms with Gasteiger partial charge in [-0.25, -0.2) is 4.36 Å². The Morgan fingerprint density at radius 2 is 1.27 bits per heavy atom. The number of rotatable bonds is 3. The molecule has 0 aliphatic rings. The van der Waals surface area contributed by atoms with Gasteiger partial charge in [-0.3, -0.25) is 4.78 Å². The van der Waals surface area contributed by atoms with E-state index in [4.69, 9.17) is 20.7 Å². The fourth-order valence-electron chi connectivity index (χ4n) is 2.17. The molecule has 0 bridgehead atoms. The van der Waals surface area contributed by atoms with E-state index in [-0.39, 0.29) is 0 Å². The van der Waals surface area contributed by atoms with Crippen LogP contribution in [0.25, 0.3) is 0 Å². The molecule has 110 valence electrons. The van der Waals surface area contributed by atoms with Crippen LogP contribution in [0.1, 0.15) is 0 Å². The molecule has 0 heterocycles. The fourth-order valence-corrected chi connectivity index (χ4v) is 4.37. The van der Waals surface area contributed by atoms with Gasteiger partial charge in [-0.2, -0.15) is 0 Å². The largest absolute Gasteiger partial charge is 0.261 e. The Balaban J connectivity index is 2.27. The average Bonchev–Trinajstić information content (AvgIpc) is 2.56. The van der Waals surface area contributed by atoms with E-state index in [0.29, 0.717) is 5.02 Å². The number of benzene rings is 3. The Bertz CT molecular complexity index is 838. The highest BCUT2D eigenvalue weighted by Gasteiger charge is 2.11. The molecule has 0 spiro atoms. The van der Waals surface area contributed by atoms with E-state index < -0.39 is 9.62 Å². The van der Waals surface area contributed by atoms with Gasteiger partial charge < -0.3 is 0 Å². The Hall–Kier alpha value is -2.10. The number of nitrogens with one attached hydrogen (secondary N) is 1. The molecule has 0 amide bonds. The molecule has 3 aromatic rings. The van der Waals surface area contributed by atoms with Gasteiger partial charge in [0, 0.05) is 14.8 Å². The van der Waals surface area contributed by atoms with E-state index in [0.717, 1.165) is 15.5 Å². The zero-order chi connectivity index (χ0) is 15.4. The van der Waals surface area contributed by atoms with Gasteiger partial charge in [0.15, 0.2) is 0 Å². The lowest BCUT2D eigenvalue weighted by molar-refractivity contribution is 1.32. The molecule has 3 aromatic carbocycles. The SMILES string of the molecule is N=S(=Nc1cccc(Cl)c1)(c1ccccc1)c1ccccc1. The van der Waals surface area contributed by atoms with Crippen LogP contribution in [0.5, 0.6) is 0 Å². The van der Waals surface area contributed by atoms with Crippen molar-refractivity contribution in [1.82, 2.24) is 0 Å². The molecule has 2 nitrogen and oxygen atoms in total. The minimum absolute atomic E-state index is 0.629. The Labute approximate surface area is 136 Å². The molecular weight excluding hydrogens is 312 g/mol. The van der Waals surface area contributed by atoms with E-state index >= 15 is 0 Å². The molecule has 22 heavy (non-hydrogen) atoms.